The van der Waals surface area contributed by atoms with Gasteiger partial charge in [-0.05, 0) is 12.5 Å². The quantitative estimate of drug-likeness (QED) is 0.767. The van der Waals surface area contributed by atoms with Crippen molar-refractivity contribution in [1.29, 1.82) is 0 Å². The summed E-state index contributed by atoms with van der Waals surface area (Å²) in [5.41, 5.74) is 4.81. The first kappa shape index (κ1) is 10.2. The van der Waals surface area contributed by atoms with Crippen LogP contribution in [0.5, 0.6) is 0 Å². The Morgan fingerprint density at radius 2 is 2.13 bits per heavy atom. The Morgan fingerprint density at radius 3 is 2.73 bits per heavy atom. The van der Waals surface area contributed by atoms with Crippen LogP contribution in [0.1, 0.15) is 18.1 Å². The minimum Gasteiger partial charge on any atom is -0.324 e. The monoisotopic (exact) mass is 218 g/mol. The Bertz CT molecular complexity index is 405. The summed E-state index contributed by atoms with van der Waals surface area (Å²) in [4.78, 5) is 0. The smallest absolute Gasteiger partial charge is 0.324 e. The van der Waals surface area contributed by atoms with Crippen molar-refractivity contribution in [3.63, 3.8) is 0 Å². The van der Waals surface area contributed by atoms with Gasteiger partial charge in [-0.1, -0.05) is 0 Å². The lowest BCUT2D eigenvalue weighted by Crippen LogP contribution is -2.20. The van der Waals surface area contributed by atoms with Crippen LogP contribution in [0.25, 0.3) is 6.08 Å². The molecule has 0 atom stereocenters. The highest BCUT2D eigenvalue weighted by Gasteiger charge is 2.35. The highest BCUT2D eigenvalue weighted by molar-refractivity contribution is 5.49. The van der Waals surface area contributed by atoms with Crippen LogP contribution in [-0.4, -0.2) is 20.9 Å². The van der Waals surface area contributed by atoms with E-state index in [0.717, 1.165) is 6.08 Å². The molecule has 2 rings (SSSR count). The number of rotatable bonds is 1. The maximum absolute atomic E-state index is 12.4. The van der Waals surface area contributed by atoms with Crippen molar-refractivity contribution in [3.05, 3.63) is 17.2 Å². The van der Waals surface area contributed by atoms with Crippen LogP contribution in [0, 0.1) is 0 Å². The van der Waals surface area contributed by atoms with E-state index in [0.29, 0.717) is 5.82 Å². The van der Waals surface area contributed by atoms with Gasteiger partial charge in [0.15, 0.2) is 5.82 Å². The number of allylic oxidation sites excluding steroid dienone is 1. The largest absolute Gasteiger partial charge is 0.412 e. The van der Waals surface area contributed by atoms with E-state index in [1.165, 1.54) is 0 Å². The highest BCUT2D eigenvalue weighted by atomic mass is 19.4. The van der Waals surface area contributed by atoms with Crippen LogP contribution in [0.15, 0.2) is 5.57 Å². The Labute approximate surface area is 83.6 Å². The number of hydrogen-bond acceptors (Lipinski definition) is 3. The third-order valence-corrected chi connectivity index (χ3v) is 2.31. The summed E-state index contributed by atoms with van der Waals surface area (Å²) in [6, 6.07) is 0. The molecule has 0 aliphatic carbocycles. The van der Waals surface area contributed by atoms with Crippen LogP contribution in [0.2, 0.25) is 0 Å². The molecule has 82 valence electrons. The van der Waals surface area contributed by atoms with Gasteiger partial charge in [-0.15, -0.1) is 10.2 Å². The van der Waals surface area contributed by atoms with E-state index in [1.54, 1.807) is 4.57 Å². The van der Waals surface area contributed by atoms with Crippen molar-refractivity contribution >= 4 is 6.08 Å². The van der Waals surface area contributed by atoms with E-state index in [1.807, 2.05) is 0 Å². The summed E-state index contributed by atoms with van der Waals surface area (Å²) in [7, 11) is 0. The van der Waals surface area contributed by atoms with E-state index in [-0.39, 0.29) is 25.3 Å². The van der Waals surface area contributed by atoms with Crippen molar-refractivity contribution in [2.75, 3.05) is 0 Å². The first-order valence-electron chi connectivity index (χ1n) is 4.42. The van der Waals surface area contributed by atoms with Crippen LogP contribution < -0.4 is 5.73 Å². The zero-order valence-electron chi connectivity index (χ0n) is 7.75. The Kier molecular flexibility index (Phi) is 2.26. The third kappa shape index (κ3) is 1.74. The maximum Gasteiger partial charge on any atom is 0.412 e. The van der Waals surface area contributed by atoms with Crippen molar-refractivity contribution in [1.82, 2.24) is 14.8 Å². The van der Waals surface area contributed by atoms with Crippen molar-refractivity contribution in [3.8, 4) is 0 Å². The second-order valence-electron chi connectivity index (χ2n) is 3.25. The Balaban J connectivity index is 2.38. The molecular formula is C8H9F3N4. The molecule has 0 saturated carbocycles. The Morgan fingerprint density at radius 1 is 1.40 bits per heavy atom. The molecule has 15 heavy (non-hydrogen) atoms. The topological polar surface area (TPSA) is 56.7 Å². The van der Waals surface area contributed by atoms with E-state index in [4.69, 9.17) is 5.73 Å². The van der Waals surface area contributed by atoms with Gasteiger partial charge in [-0.3, -0.25) is 0 Å². The lowest BCUT2D eigenvalue weighted by atomic mass is 10.1. The summed E-state index contributed by atoms with van der Waals surface area (Å²) in [5.74, 6) is 0.747. The summed E-state index contributed by atoms with van der Waals surface area (Å²) in [6.45, 7) is 0.419. The molecule has 0 unspecified atom stereocenters. The number of fused-ring (bicyclic) bond motifs is 1. The summed E-state index contributed by atoms with van der Waals surface area (Å²) >= 11 is 0. The molecule has 0 radical (unpaired) electrons. The predicted octanol–water partition coefficient (Wildman–Crippen LogP) is 1.09. The average Bonchev–Trinajstić information content (AvgIpc) is 2.58. The molecule has 2 N–H and O–H groups in total. The van der Waals surface area contributed by atoms with E-state index >= 15 is 0 Å². The fraction of sp³-hybridized carbons (Fsp3) is 0.500. The van der Waals surface area contributed by atoms with Gasteiger partial charge in [-0.25, -0.2) is 0 Å². The normalized spacial score (nSPS) is 16.1. The lowest BCUT2D eigenvalue weighted by molar-refractivity contribution is -0.0937. The second-order valence-corrected chi connectivity index (χ2v) is 3.25. The summed E-state index contributed by atoms with van der Waals surface area (Å²) < 4.78 is 38.7. The first-order chi connectivity index (χ1) is 7.02. The summed E-state index contributed by atoms with van der Waals surface area (Å²) in [5, 5.41) is 7.36. The van der Waals surface area contributed by atoms with Gasteiger partial charge >= 0.3 is 6.18 Å². The average molecular weight is 218 g/mol. The minimum absolute atomic E-state index is 0.0540. The van der Waals surface area contributed by atoms with Crippen LogP contribution in [-0.2, 0) is 13.1 Å². The molecule has 4 nitrogen and oxygen atoms in total. The molecule has 1 aromatic rings. The molecule has 0 spiro atoms. The van der Waals surface area contributed by atoms with Gasteiger partial charge < -0.3 is 10.3 Å². The standard InChI is InChI=1S/C8H9F3N4/c9-8(10,11)5-1-2-15-6(3-5)13-14-7(15)4-12/h3H,1-2,4,12H2. The fourth-order valence-corrected chi connectivity index (χ4v) is 1.53. The van der Waals surface area contributed by atoms with Crippen molar-refractivity contribution in [2.45, 2.75) is 25.7 Å². The number of nitrogens with two attached hydrogens (primary N) is 1. The van der Waals surface area contributed by atoms with Gasteiger partial charge in [0.1, 0.15) is 5.82 Å². The van der Waals surface area contributed by atoms with Crippen LogP contribution >= 0.6 is 0 Å². The van der Waals surface area contributed by atoms with Gasteiger partial charge in [0, 0.05) is 12.1 Å². The van der Waals surface area contributed by atoms with Crippen molar-refractivity contribution in [2.24, 2.45) is 5.73 Å². The molecule has 1 aliphatic heterocycles. The molecule has 2 heterocycles. The number of hydrogen-bond donors (Lipinski definition) is 1. The third-order valence-electron chi connectivity index (χ3n) is 2.31. The zero-order chi connectivity index (χ0) is 11.1. The highest BCUT2D eigenvalue weighted by Crippen LogP contribution is 2.32. The molecule has 7 heteroatoms. The second kappa shape index (κ2) is 3.34. The molecule has 1 aromatic heterocycles. The fourth-order valence-electron chi connectivity index (χ4n) is 1.53. The van der Waals surface area contributed by atoms with Gasteiger partial charge in [0.25, 0.3) is 0 Å². The SMILES string of the molecule is NCc1nnc2n1CCC(C(F)(F)F)=C2. The maximum atomic E-state index is 12.4. The Hall–Kier alpha value is -1.37. The van der Waals surface area contributed by atoms with Gasteiger partial charge in [0.2, 0.25) is 0 Å². The van der Waals surface area contributed by atoms with Gasteiger partial charge in [0.05, 0.1) is 6.54 Å². The zero-order valence-corrected chi connectivity index (χ0v) is 7.75. The van der Waals surface area contributed by atoms with E-state index in [2.05, 4.69) is 10.2 Å². The molecule has 0 bridgehead atoms. The number of halogens is 3. The van der Waals surface area contributed by atoms with E-state index < -0.39 is 11.7 Å². The molecule has 1 aliphatic rings. The van der Waals surface area contributed by atoms with Gasteiger partial charge in [-0.2, -0.15) is 13.2 Å². The lowest BCUT2D eigenvalue weighted by Gasteiger charge is -2.17. The molecule has 0 saturated heterocycles. The van der Waals surface area contributed by atoms with E-state index in [9.17, 15) is 13.2 Å². The van der Waals surface area contributed by atoms with Crippen LogP contribution in [0.4, 0.5) is 13.2 Å². The number of alkyl halides is 3. The molecular weight excluding hydrogens is 209 g/mol. The van der Waals surface area contributed by atoms with Crippen LogP contribution in [0.3, 0.4) is 0 Å². The molecule has 0 amide bonds. The summed E-state index contributed by atoms with van der Waals surface area (Å²) in [6.07, 6.45) is -3.31. The number of aromatic nitrogens is 3. The molecule has 0 fully saturated rings. The van der Waals surface area contributed by atoms with Crippen molar-refractivity contribution < 1.29 is 13.2 Å². The first-order valence-corrected chi connectivity index (χ1v) is 4.42. The number of nitrogens with zero attached hydrogens (tertiary/aromatic N) is 3. The predicted molar refractivity (Wildman–Crippen MR) is 46.6 cm³/mol. The molecule has 0 aromatic carbocycles. The minimum atomic E-state index is -4.28.